The summed E-state index contributed by atoms with van der Waals surface area (Å²) in [7, 11) is 2.99. The van der Waals surface area contributed by atoms with Crippen LogP contribution in [0.1, 0.15) is 19.3 Å². The maximum Gasteiger partial charge on any atom is 0.319 e. The van der Waals surface area contributed by atoms with E-state index in [0.717, 1.165) is 6.42 Å². The third kappa shape index (κ3) is 2.29. The van der Waals surface area contributed by atoms with Crippen LogP contribution in [0.3, 0.4) is 0 Å². The van der Waals surface area contributed by atoms with Gasteiger partial charge in [-0.2, -0.15) is 0 Å². The summed E-state index contributed by atoms with van der Waals surface area (Å²) < 4.78 is 10.2. The van der Waals surface area contributed by atoms with Gasteiger partial charge in [-0.05, 0) is 25.0 Å². The molecule has 0 radical (unpaired) electrons. The zero-order chi connectivity index (χ0) is 14.8. The Kier molecular flexibility index (Phi) is 3.83. The topological polar surface area (TPSA) is 84.9 Å². The first kappa shape index (κ1) is 14.2. The summed E-state index contributed by atoms with van der Waals surface area (Å²) in [4.78, 5) is 23.5. The summed E-state index contributed by atoms with van der Waals surface area (Å²) in [5, 5.41) is 11.9. The average Bonchev–Trinajstić information content (AvgIpc) is 2.36. The van der Waals surface area contributed by atoms with Crippen molar-refractivity contribution in [3.63, 3.8) is 0 Å². The van der Waals surface area contributed by atoms with Crippen LogP contribution in [0.5, 0.6) is 11.5 Å². The van der Waals surface area contributed by atoms with E-state index in [1.165, 1.54) is 14.2 Å². The predicted molar refractivity (Wildman–Crippen MR) is 72.1 cm³/mol. The number of benzene rings is 1. The summed E-state index contributed by atoms with van der Waals surface area (Å²) in [5.74, 6) is -0.580. The van der Waals surface area contributed by atoms with Gasteiger partial charge < -0.3 is 19.9 Å². The molecule has 1 aliphatic rings. The van der Waals surface area contributed by atoms with Crippen molar-refractivity contribution in [2.24, 2.45) is 5.41 Å². The lowest BCUT2D eigenvalue weighted by atomic mass is 9.68. The fourth-order valence-electron chi connectivity index (χ4n) is 2.22. The number of anilines is 1. The number of rotatable bonds is 5. The van der Waals surface area contributed by atoms with E-state index in [2.05, 4.69) is 5.32 Å². The predicted octanol–water partition coefficient (Wildman–Crippen LogP) is 1.90. The number of carbonyl (C=O) groups is 2. The highest BCUT2D eigenvalue weighted by Gasteiger charge is 2.51. The highest BCUT2D eigenvalue weighted by atomic mass is 16.5. The molecule has 1 amide bonds. The van der Waals surface area contributed by atoms with Gasteiger partial charge in [0.2, 0.25) is 5.91 Å². The first-order valence-corrected chi connectivity index (χ1v) is 6.30. The first-order chi connectivity index (χ1) is 9.53. The van der Waals surface area contributed by atoms with Crippen molar-refractivity contribution < 1.29 is 24.2 Å². The SMILES string of the molecule is COc1ccc(OC)c(NC(=O)C2(C(=O)O)CCC2)c1. The monoisotopic (exact) mass is 279 g/mol. The van der Waals surface area contributed by atoms with Crippen LogP contribution < -0.4 is 14.8 Å². The number of carboxylic acid groups (broad SMARTS) is 1. The minimum Gasteiger partial charge on any atom is -0.497 e. The fraction of sp³-hybridized carbons (Fsp3) is 0.429. The molecule has 0 aromatic heterocycles. The number of carbonyl (C=O) groups excluding carboxylic acids is 1. The van der Waals surface area contributed by atoms with Crippen molar-refractivity contribution >= 4 is 17.6 Å². The molecular formula is C14H17NO5. The molecule has 6 heteroatoms. The number of carboxylic acids is 1. The molecule has 20 heavy (non-hydrogen) atoms. The van der Waals surface area contributed by atoms with Gasteiger partial charge in [-0.3, -0.25) is 9.59 Å². The van der Waals surface area contributed by atoms with Crippen molar-refractivity contribution in [2.75, 3.05) is 19.5 Å². The van der Waals surface area contributed by atoms with Gasteiger partial charge in [0.1, 0.15) is 16.9 Å². The van der Waals surface area contributed by atoms with Gasteiger partial charge in [-0.25, -0.2) is 0 Å². The smallest absolute Gasteiger partial charge is 0.319 e. The van der Waals surface area contributed by atoms with E-state index in [4.69, 9.17) is 9.47 Å². The lowest BCUT2D eigenvalue weighted by Gasteiger charge is -2.35. The summed E-state index contributed by atoms with van der Waals surface area (Å²) in [5.41, 5.74) is -0.905. The molecule has 0 aliphatic heterocycles. The van der Waals surface area contributed by atoms with Crippen LogP contribution >= 0.6 is 0 Å². The van der Waals surface area contributed by atoms with Gasteiger partial charge in [-0.1, -0.05) is 6.42 Å². The molecule has 0 bridgehead atoms. The van der Waals surface area contributed by atoms with E-state index in [0.29, 0.717) is 30.0 Å². The molecule has 2 rings (SSSR count). The molecule has 1 saturated carbocycles. The third-order valence-electron chi connectivity index (χ3n) is 3.71. The van der Waals surface area contributed by atoms with Crippen molar-refractivity contribution in [1.82, 2.24) is 0 Å². The normalized spacial score (nSPS) is 15.9. The Morgan fingerprint density at radius 1 is 1.25 bits per heavy atom. The molecule has 6 nitrogen and oxygen atoms in total. The fourth-order valence-corrected chi connectivity index (χ4v) is 2.22. The van der Waals surface area contributed by atoms with Crippen molar-refractivity contribution in [3.05, 3.63) is 18.2 Å². The Morgan fingerprint density at radius 2 is 1.95 bits per heavy atom. The highest BCUT2D eigenvalue weighted by molar-refractivity contribution is 6.09. The Hall–Kier alpha value is -2.24. The highest BCUT2D eigenvalue weighted by Crippen LogP contribution is 2.43. The number of ether oxygens (including phenoxy) is 2. The molecule has 1 aliphatic carbocycles. The Labute approximate surface area is 116 Å². The summed E-state index contributed by atoms with van der Waals surface area (Å²) in [6.07, 6.45) is 1.47. The van der Waals surface area contributed by atoms with Gasteiger partial charge in [0.05, 0.1) is 19.9 Å². The molecule has 2 N–H and O–H groups in total. The summed E-state index contributed by atoms with van der Waals surface area (Å²) in [6, 6.07) is 4.96. The van der Waals surface area contributed by atoms with Gasteiger partial charge in [0, 0.05) is 6.07 Å². The number of aliphatic carboxylic acids is 1. The van der Waals surface area contributed by atoms with Crippen molar-refractivity contribution in [3.8, 4) is 11.5 Å². The third-order valence-corrected chi connectivity index (χ3v) is 3.71. The van der Waals surface area contributed by atoms with E-state index in [1.54, 1.807) is 18.2 Å². The lowest BCUT2D eigenvalue weighted by Crippen LogP contribution is -2.48. The average molecular weight is 279 g/mol. The van der Waals surface area contributed by atoms with Crippen molar-refractivity contribution in [2.45, 2.75) is 19.3 Å². The van der Waals surface area contributed by atoms with Crippen LogP contribution in [0.2, 0.25) is 0 Å². The molecule has 1 aromatic carbocycles. The molecule has 0 heterocycles. The van der Waals surface area contributed by atoms with Gasteiger partial charge >= 0.3 is 5.97 Å². The van der Waals surface area contributed by atoms with E-state index in [-0.39, 0.29) is 0 Å². The lowest BCUT2D eigenvalue weighted by molar-refractivity contribution is -0.159. The van der Waals surface area contributed by atoms with Crippen LogP contribution in [-0.4, -0.2) is 31.2 Å². The zero-order valence-electron chi connectivity index (χ0n) is 11.4. The number of amides is 1. The molecule has 0 unspecified atom stereocenters. The molecule has 0 saturated heterocycles. The summed E-state index contributed by atoms with van der Waals surface area (Å²) in [6.45, 7) is 0. The molecule has 0 spiro atoms. The van der Waals surface area contributed by atoms with Crippen molar-refractivity contribution in [1.29, 1.82) is 0 Å². The largest absolute Gasteiger partial charge is 0.497 e. The van der Waals surface area contributed by atoms with E-state index >= 15 is 0 Å². The second kappa shape index (κ2) is 5.40. The Morgan fingerprint density at radius 3 is 2.40 bits per heavy atom. The maximum atomic E-state index is 12.2. The van der Waals surface area contributed by atoms with Gasteiger partial charge in [-0.15, -0.1) is 0 Å². The van der Waals surface area contributed by atoms with Crippen LogP contribution in [0.15, 0.2) is 18.2 Å². The Balaban J connectivity index is 2.25. The van der Waals surface area contributed by atoms with Crippen LogP contribution in [-0.2, 0) is 9.59 Å². The van der Waals surface area contributed by atoms with Crippen LogP contribution in [0.25, 0.3) is 0 Å². The van der Waals surface area contributed by atoms with Crippen LogP contribution in [0.4, 0.5) is 5.69 Å². The molecule has 108 valence electrons. The standard InChI is InChI=1S/C14H17NO5/c1-19-9-4-5-11(20-2)10(8-9)15-12(16)14(13(17)18)6-3-7-14/h4-5,8H,3,6-7H2,1-2H3,(H,15,16)(H,17,18). The van der Waals surface area contributed by atoms with E-state index in [9.17, 15) is 14.7 Å². The zero-order valence-corrected chi connectivity index (χ0v) is 11.4. The number of methoxy groups -OCH3 is 2. The minimum absolute atomic E-state index is 0.362. The molecule has 1 fully saturated rings. The number of hydrogen-bond acceptors (Lipinski definition) is 4. The number of hydrogen-bond donors (Lipinski definition) is 2. The minimum atomic E-state index is -1.31. The second-order valence-corrected chi connectivity index (χ2v) is 4.76. The van der Waals surface area contributed by atoms with Gasteiger partial charge in [0.25, 0.3) is 0 Å². The molecular weight excluding hydrogens is 262 g/mol. The Bertz CT molecular complexity index is 536. The number of nitrogens with one attached hydrogen (secondary N) is 1. The van der Waals surface area contributed by atoms with Gasteiger partial charge in [0.15, 0.2) is 0 Å². The summed E-state index contributed by atoms with van der Waals surface area (Å²) >= 11 is 0. The maximum absolute atomic E-state index is 12.2. The first-order valence-electron chi connectivity index (χ1n) is 6.30. The van der Waals surface area contributed by atoms with Crippen LogP contribution in [0, 0.1) is 5.41 Å². The second-order valence-electron chi connectivity index (χ2n) is 4.76. The van der Waals surface area contributed by atoms with E-state index in [1.807, 2.05) is 0 Å². The van der Waals surface area contributed by atoms with E-state index < -0.39 is 17.3 Å². The molecule has 0 atom stereocenters. The quantitative estimate of drug-likeness (QED) is 0.804. The molecule has 1 aromatic rings.